The molecule has 0 unspecified atom stereocenters. The first-order chi connectivity index (χ1) is 7.22. The van der Waals surface area contributed by atoms with Crippen molar-refractivity contribution in [1.29, 1.82) is 0 Å². The molecular weight excluding hydrogens is 194 g/mol. The Balaban J connectivity index is 2.50. The minimum absolute atomic E-state index is 0.102. The summed E-state index contributed by atoms with van der Waals surface area (Å²) in [6.07, 6.45) is 1.50. The van der Waals surface area contributed by atoms with E-state index in [1.54, 1.807) is 19.2 Å². The molecule has 5 heteroatoms. The highest BCUT2D eigenvalue weighted by molar-refractivity contribution is 5.76. The predicted molar refractivity (Wildman–Crippen MR) is 56.7 cm³/mol. The van der Waals surface area contributed by atoms with Crippen LogP contribution in [0.3, 0.4) is 0 Å². The lowest BCUT2D eigenvalue weighted by molar-refractivity contribution is 0.408. The van der Waals surface area contributed by atoms with Gasteiger partial charge in [-0.05, 0) is 12.1 Å². The van der Waals surface area contributed by atoms with Gasteiger partial charge in [0.25, 0.3) is 0 Å². The number of ether oxygens (including phenoxy) is 1. The number of nitrogen functional groups attached to an aromatic ring is 1. The summed E-state index contributed by atoms with van der Waals surface area (Å²) in [5.74, 6) is 0.694. The Hall–Kier alpha value is -2.17. The minimum atomic E-state index is 0.102. The van der Waals surface area contributed by atoms with Crippen molar-refractivity contribution in [2.45, 2.75) is 0 Å². The number of aromatic nitrogens is 2. The van der Waals surface area contributed by atoms with Crippen LogP contribution in [0.2, 0.25) is 0 Å². The molecule has 0 spiro atoms. The lowest BCUT2D eigenvalue weighted by Crippen LogP contribution is -1.88. The number of nitrogens with one attached hydrogen (secondary N) is 1. The quantitative estimate of drug-likeness (QED) is 0.691. The molecular formula is C10H11N3O2. The smallest absolute Gasteiger partial charge is 0.128 e. The van der Waals surface area contributed by atoms with Gasteiger partial charge >= 0.3 is 0 Å². The molecule has 2 aromatic rings. The van der Waals surface area contributed by atoms with E-state index in [1.807, 2.05) is 0 Å². The first-order valence-electron chi connectivity index (χ1n) is 4.38. The maximum atomic E-state index is 9.74. The van der Waals surface area contributed by atoms with Gasteiger partial charge in [-0.25, -0.2) is 0 Å². The molecule has 1 aromatic carbocycles. The molecule has 0 saturated carbocycles. The van der Waals surface area contributed by atoms with Crippen molar-refractivity contribution in [1.82, 2.24) is 10.2 Å². The van der Waals surface area contributed by atoms with Gasteiger partial charge in [0, 0.05) is 11.6 Å². The number of nitrogens with zero attached hydrogens (tertiary/aromatic N) is 1. The van der Waals surface area contributed by atoms with Crippen molar-refractivity contribution in [3.05, 3.63) is 24.4 Å². The molecule has 0 bridgehead atoms. The average molecular weight is 205 g/mol. The number of phenols is 1. The Bertz CT molecular complexity index is 479. The number of anilines is 1. The van der Waals surface area contributed by atoms with Gasteiger partial charge in [0.15, 0.2) is 0 Å². The maximum absolute atomic E-state index is 9.74. The maximum Gasteiger partial charge on any atom is 0.128 e. The summed E-state index contributed by atoms with van der Waals surface area (Å²) in [6.45, 7) is 0. The Kier molecular flexibility index (Phi) is 2.21. The monoisotopic (exact) mass is 205 g/mol. The van der Waals surface area contributed by atoms with Gasteiger partial charge in [-0.2, -0.15) is 5.10 Å². The molecule has 2 rings (SSSR count). The lowest BCUT2D eigenvalue weighted by atomic mass is 10.1. The van der Waals surface area contributed by atoms with Gasteiger partial charge in [-0.1, -0.05) is 0 Å². The fourth-order valence-electron chi connectivity index (χ4n) is 1.36. The Morgan fingerprint density at radius 1 is 1.47 bits per heavy atom. The third-order valence-electron chi connectivity index (χ3n) is 2.14. The highest BCUT2D eigenvalue weighted by Gasteiger charge is 2.10. The molecule has 0 aliphatic rings. The first-order valence-corrected chi connectivity index (χ1v) is 4.38. The van der Waals surface area contributed by atoms with Crippen molar-refractivity contribution in [3.8, 4) is 22.8 Å². The highest BCUT2D eigenvalue weighted by Crippen LogP contribution is 2.33. The Morgan fingerprint density at radius 3 is 2.80 bits per heavy atom. The van der Waals surface area contributed by atoms with Crippen molar-refractivity contribution < 1.29 is 9.84 Å². The number of phenolic OH excluding ortho intramolecular Hbond substituents is 1. The zero-order valence-corrected chi connectivity index (χ0v) is 8.19. The van der Waals surface area contributed by atoms with E-state index in [0.717, 1.165) is 0 Å². The van der Waals surface area contributed by atoms with Crippen LogP contribution in [0.4, 0.5) is 5.69 Å². The summed E-state index contributed by atoms with van der Waals surface area (Å²) in [5, 5.41) is 16.2. The van der Waals surface area contributed by atoms with Gasteiger partial charge in [0.2, 0.25) is 0 Å². The van der Waals surface area contributed by atoms with Crippen molar-refractivity contribution in [2.24, 2.45) is 0 Å². The number of aromatic amines is 1. The van der Waals surface area contributed by atoms with E-state index in [1.165, 1.54) is 12.3 Å². The SMILES string of the molecule is COc1ccc(-c2[nH]ncc2N)c(O)c1. The molecule has 15 heavy (non-hydrogen) atoms. The number of benzene rings is 1. The van der Waals surface area contributed by atoms with Gasteiger partial charge < -0.3 is 15.6 Å². The van der Waals surface area contributed by atoms with Crippen molar-refractivity contribution in [2.75, 3.05) is 12.8 Å². The number of methoxy groups -OCH3 is 1. The second-order valence-electron chi connectivity index (χ2n) is 3.08. The van der Waals surface area contributed by atoms with E-state index in [9.17, 15) is 5.11 Å². The number of rotatable bonds is 2. The van der Waals surface area contributed by atoms with E-state index in [2.05, 4.69) is 10.2 Å². The fourth-order valence-corrected chi connectivity index (χ4v) is 1.36. The lowest BCUT2D eigenvalue weighted by Gasteiger charge is -2.05. The summed E-state index contributed by atoms with van der Waals surface area (Å²) >= 11 is 0. The van der Waals surface area contributed by atoms with E-state index in [0.29, 0.717) is 22.7 Å². The number of hydrogen-bond donors (Lipinski definition) is 3. The topological polar surface area (TPSA) is 84.2 Å². The number of H-pyrrole nitrogens is 1. The van der Waals surface area contributed by atoms with E-state index in [-0.39, 0.29) is 5.75 Å². The zero-order valence-electron chi connectivity index (χ0n) is 8.19. The molecule has 78 valence electrons. The summed E-state index contributed by atoms with van der Waals surface area (Å²) in [7, 11) is 1.54. The molecule has 0 atom stereocenters. The summed E-state index contributed by atoms with van der Waals surface area (Å²) in [6, 6.07) is 4.99. The zero-order chi connectivity index (χ0) is 10.8. The van der Waals surface area contributed by atoms with Crippen LogP contribution in [0.15, 0.2) is 24.4 Å². The standard InChI is InChI=1S/C10H11N3O2/c1-15-6-2-3-7(9(14)4-6)10-8(11)5-12-13-10/h2-5,14H,11H2,1H3,(H,12,13). The van der Waals surface area contributed by atoms with Crippen LogP contribution in [0.5, 0.6) is 11.5 Å². The number of nitrogens with two attached hydrogens (primary N) is 1. The van der Waals surface area contributed by atoms with Crippen LogP contribution in [0, 0.1) is 0 Å². The first kappa shape index (κ1) is 9.39. The Morgan fingerprint density at radius 2 is 2.27 bits per heavy atom. The van der Waals surface area contributed by atoms with Crippen molar-refractivity contribution >= 4 is 5.69 Å². The predicted octanol–water partition coefficient (Wildman–Crippen LogP) is 1.37. The van der Waals surface area contributed by atoms with Crippen LogP contribution >= 0.6 is 0 Å². The average Bonchev–Trinajstić information content (AvgIpc) is 2.64. The highest BCUT2D eigenvalue weighted by atomic mass is 16.5. The molecule has 4 N–H and O–H groups in total. The van der Waals surface area contributed by atoms with Crippen LogP contribution < -0.4 is 10.5 Å². The van der Waals surface area contributed by atoms with Gasteiger partial charge in [0.05, 0.1) is 24.7 Å². The van der Waals surface area contributed by atoms with Crippen LogP contribution in [0.1, 0.15) is 0 Å². The summed E-state index contributed by atoms with van der Waals surface area (Å²) in [4.78, 5) is 0. The summed E-state index contributed by atoms with van der Waals surface area (Å²) in [5.41, 5.74) is 7.38. The molecule has 5 nitrogen and oxygen atoms in total. The van der Waals surface area contributed by atoms with Gasteiger partial charge in [-0.15, -0.1) is 0 Å². The van der Waals surface area contributed by atoms with Crippen LogP contribution in [0.25, 0.3) is 11.3 Å². The molecule has 0 amide bonds. The molecule has 1 heterocycles. The van der Waals surface area contributed by atoms with E-state index < -0.39 is 0 Å². The second kappa shape index (κ2) is 3.53. The largest absolute Gasteiger partial charge is 0.507 e. The van der Waals surface area contributed by atoms with Gasteiger partial charge in [-0.3, -0.25) is 5.10 Å². The third kappa shape index (κ3) is 1.59. The summed E-state index contributed by atoms with van der Waals surface area (Å²) < 4.78 is 4.98. The molecule has 0 saturated heterocycles. The third-order valence-corrected chi connectivity index (χ3v) is 2.14. The minimum Gasteiger partial charge on any atom is -0.507 e. The normalized spacial score (nSPS) is 10.2. The molecule has 0 aliphatic carbocycles. The molecule has 0 fully saturated rings. The molecule has 1 aromatic heterocycles. The number of hydrogen-bond acceptors (Lipinski definition) is 4. The molecule has 0 aliphatic heterocycles. The van der Waals surface area contributed by atoms with Crippen LogP contribution in [-0.4, -0.2) is 22.4 Å². The Labute approximate surface area is 86.5 Å². The molecule has 0 radical (unpaired) electrons. The van der Waals surface area contributed by atoms with E-state index in [4.69, 9.17) is 10.5 Å². The van der Waals surface area contributed by atoms with Crippen LogP contribution in [-0.2, 0) is 0 Å². The van der Waals surface area contributed by atoms with Crippen molar-refractivity contribution in [3.63, 3.8) is 0 Å². The fraction of sp³-hybridized carbons (Fsp3) is 0.100. The number of aromatic hydroxyl groups is 1. The van der Waals surface area contributed by atoms with E-state index >= 15 is 0 Å². The van der Waals surface area contributed by atoms with Gasteiger partial charge in [0.1, 0.15) is 11.5 Å². The second-order valence-corrected chi connectivity index (χ2v) is 3.08.